The lowest BCUT2D eigenvalue weighted by molar-refractivity contribution is 0.304. The van der Waals surface area contributed by atoms with E-state index in [0.29, 0.717) is 24.4 Å². The van der Waals surface area contributed by atoms with Gasteiger partial charge in [0, 0.05) is 12.6 Å². The van der Waals surface area contributed by atoms with E-state index in [1.807, 2.05) is 0 Å². The Morgan fingerprint density at radius 1 is 1.22 bits per heavy atom. The lowest BCUT2D eigenvalue weighted by atomic mass is 10.1. The molecule has 0 bridgehead atoms. The van der Waals surface area contributed by atoms with Crippen LogP contribution in [-0.4, -0.2) is 24.4 Å². The van der Waals surface area contributed by atoms with Crippen molar-refractivity contribution in [3.63, 3.8) is 0 Å². The smallest absolute Gasteiger partial charge is 0.243 e. The van der Waals surface area contributed by atoms with Gasteiger partial charge in [-0.2, -0.15) is 4.31 Å². The zero-order valence-electron chi connectivity index (χ0n) is 12.9. The second kappa shape index (κ2) is 6.41. The van der Waals surface area contributed by atoms with E-state index in [-0.39, 0.29) is 10.9 Å². The highest BCUT2D eigenvalue weighted by Crippen LogP contribution is 2.34. The Balaban J connectivity index is 2.00. The third kappa shape index (κ3) is 3.30. The lowest BCUT2D eigenvalue weighted by Crippen LogP contribution is -2.35. The summed E-state index contributed by atoms with van der Waals surface area (Å²) >= 11 is 0. The van der Waals surface area contributed by atoms with Gasteiger partial charge in [-0.1, -0.05) is 18.0 Å². The van der Waals surface area contributed by atoms with Crippen molar-refractivity contribution in [3.05, 3.63) is 47.6 Å². The molecule has 124 valence electrons. The standard InChI is InChI=1S/C16H19FN2O3S/c1-12-11-15(18-22-12)16-5-3-2-4-10-19(16)23(20,21)14-8-6-13(17)7-9-14/h6-9,11,16H,2-5,10H2,1H3. The average molecular weight is 338 g/mol. The van der Waals surface area contributed by atoms with Crippen LogP contribution in [0.3, 0.4) is 0 Å². The highest BCUT2D eigenvalue weighted by Gasteiger charge is 2.34. The number of rotatable bonds is 3. The Hall–Kier alpha value is -1.73. The molecule has 1 unspecified atom stereocenters. The number of hydrogen-bond donors (Lipinski definition) is 0. The molecule has 0 N–H and O–H groups in total. The Morgan fingerprint density at radius 3 is 2.61 bits per heavy atom. The van der Waals surface area contributed by atoms with Gasteiger partial charge in [0.25, 0.3) is 0 Å². The van der Waals surface area contributed by atoms with E-state index >= 15 is 0 Å². The number of sulfonamides is 1. The molecule has 1 aliphatic rings. The van der Waals surface area contributed by atoms with Gasteiger partial charge in [0.05, 0.1) is 10.9 Å². The molecule has 0 amide bonds. The van der Waals surface area contributed by atoms with Gasteiger partial charge < -0.3 is 4.52 Å². The van der Waals surface area contributed by atoms with Crippen LogP contribution in [0.15, 0.2) is 39.8 Å². The molecule has 1 fully saturated rings. The Labute approximate surface area is 135 Å². The second-order valence-electron chi connectivity index (χ2n) is 5.80. The normalized spacial score (nSPS) is 20.3. The summed E-state index contributed by atoms with van der Waals surface area (Å²) in [7, 11) is -3.71. The molecule has 1 atom stereocenters. The molecule has 2 aromatic rings. The molecule has 1 saturated heterocycles. The molecule has 3 rings (SSSR count). The van der Waals surface area contributed by atoms with E-state index in [4.69, 9.17) is 4.52 Å². The van der Waals surface area contributed by atoms with Crippen molar-refractivity contribution in [2.75, 3.05) is 6.54 Å². The average Bonchev–Trinajstić information content (AvgIpc) is 2.80. The highest BCUT2D eigenvalue weighted by molar-refractivity contribution is 7.89. The van der Waals surface area contributed by atoms with Crippen LogP contribution in [0.1, 0.15) is 43.2 Å². The molecule has 7 heteroatoms. The van der Waals surface area contributed by atoms with Gasteiger partial charge in [0.1, 0.15) is 17.3 Å². The predicted molar refractivity (Wildman–Crippen MR) is 82.7 cm³/mol. The molecule has 2 heterocycles. The molecule has 5 nitrogen and oxygen atoms in total. The van der Waals surface area contributed by atoms with Crippen molar-refractivity contribution < 1.29 is 17.3 Å². The minimum Gasteiger partial charge on any atom is -0.361 e. The first-order valence-corrected chi connectivity index (χ1v) is 9.13. The van der Waals surface area contributed by atoms with Crippen LogP contribution < -0.4 is 0 Å². The van der Waals surface area contributed by atoms with E-state index in [2.05, 4.69) is 5.16 Å². The van der Waals surface area contributed by atoms with Crippen molar-refractivity contribution in [1.82, 2.24) is 9.46 Å². The van der Waals surface area contributed by atoms with Crippen molar-refractivity contribution in [1.29, 1.82) is 0 Å². The molecule has 0 radical (unpaired) electrons. The fourth-order valence-electron chi connectivity index (χ4n) is 2.95. The van der Waals surface area contributed by atoms with Gasteiger partial charge in [0.15, 0.2) is 0 Å². The van der Waals surface area contributed by atoms with Crippen LogP contribution in [0.4, 0.5) is 4.39 Å². The van der Waals surface area contributed by atoms with E-state index in [1.54, 1.807) is 13.0 Å². The number of nitrogens with zero attached hydrogens (tertiary/aromatic N) is 2. The first-order valence-electron chi connectivity index (χ1n) is 7.69. The van der Waals surface area contributed by atoms with Gasteiger partial charge in [-0.3, -0.25) is 0 Å². The second-order valence-corrected chi connectivity index (χ2v) is 7.69. The van der Waals surface area contributed by atoms with Crippen molar-refractivity contribution in [2.24, 2.45) is 0 Å². The molecule has 1 aliphatic heterocycles. The minimum atomic E-state index is -3.71. The summed E-state index contributed by atoms with van der Waals surface area (Å²) in [5.41, 5.74) is 0.634. The fraction of sp³-hybridized carbons (Fsp3) is 0.438. The van der Waals surface area contributed by atoms with E-state index in [1.165, 1.54) is 28.6 Å². The quantitative estimate of drug-likeness (QED) is 0.860. The third-order valence-electron chi connectivity index (χ3n) is 4.11. The SMILES string of the molecule is Cc1cc(C2CCCCCN2S(=O)(=O)c2ccc(F)cc2)no1. The maximum atomic E-state index is 13.1. The predicted octanol–water partition coefficient (Wildman–Crippen LogP) is 3.43. The van der Waals surface area contributed by atoms with E-state index in [9.17, 15) is 12.8 Å². The van der Waals surface area contributed by atoms with Gasteiger partial charge in [-0.25, -0.2) is 12.8 Å². The van der Waals surface area contributed by atoms with Crippen LogP contribution in [0.25, 0.3) is 0 Å². The van der Waals surface area contributed by atoms with Crippen LogP contribution in [0.2, 0.25) is 0 Å². The molecule has 23 heavy (non-hydrogen) atoms. The number of halogens is 1. The maximum absolute atomic E-state index is 13.1. The number of benzene rings is 1. The maximum Gasteiger partial charge on any atom is 0.243 e. The van der Waals surface area contributed by atoms with Crippen molar-refractivity contribution in [3.8, 4) is 0 Å². The molecule has 0 saturated carbocycles. The van der Waals surface area contributed by atoms with Gasteiger partial charge in [0.2, 0.25) is 10.0 Å². The molecule has 0 spiro atoms. The summed E-state index contributed by atoms with van der Waals surface area (Å²) in [6.45, 7) is 2.21. The molecule has 0 aliphatic carbocycles. The fourth-order valence-corrected chi connectivity index (χ4v) is 4.62. The molecule has 1 aromatic heterocycles. The van der Waals surface area contributed by atoms with Gasteiger partial charge in [-0.15, -0.1) is 0 Å². The first-order chi connectivity index (χ1) is 11.0. The molecular formula is C16H19FN2O3S. The Morgan fingerprint density at radius 2 is 1.96 bits per heavy atom. The van der Waals surface area contributed by atoms with Crippen LogP contribution >= 0.6 is 0 Å². The Kier molecular flexibility index (Phi) is 4.50. The summed E-state index contributed by atoms with van der Waals surface area (Å²) in [5.74, 6) is 0.201. The topological polar surface area (TPSA) is 63.4 Å². The monoisotopic (exact) mass is 338 g/mol. The summed E-state index contributed by atoms with van der Waals surface area (Å²) in [6, 6.07) is 6.38. The largest absolute Gasteiger partial charge is 0.361 e. The third-order valence-corrected chi connectivity index (χ3v) is 6.03. The summed E-state index contributed by atoms with van der Waals surface area (Å²) < 4.78 is 45.7. The Bertz CT molecular complexity index is 771. The number of aryl methyl sites for hydroxylation is 1. The van der Waals surface area contributed by atoms with E-state index < -0.39 is 15.8 Å². The summed E-state index contributed by atoms with van der Waals surface area (Å²) in [5, 5.41) is 4.01. The minimum absolute atomic E-state index is 0.103. The lowest BCUT2D eigenvalue weighted by Gasteiger charge is -2.27. The first kappa shape index (κ1) is 16.1. The van der Waals surface area contributed by atoms with Crippen molar-refractivity contribution >= 4 is 10.0 Å². The zero-order chi connectivity index (χ0) is 16.4. The zero-order valence-corrected chi connectivity index (χ0v) is 13.7. The van der Waals surface area contributed by atoms with Gasteiger partial charge >= 0.3 is 0 Å². The van der Waals surface area contributed by atoms with Gasteiger partial charge in [-0.05, 0) is 44.0 Å². The summed E-state index contributed by atoms with van der Waals surface area (Å²) in [4.78, 5) is 0.103. The van der Waals surface area contributed by atoms with Crippen LogP contribution in [0, 0.1) is 12.7 Å². The number of hydrogen-bond acceptors (Lipinski definition) is 4. The summed E-state index contributed by atoms with van der Waals surface area (Å²) in [6.07, 6.45) is 3.41. The molecule has 1 aromatic carbocycles. The van der Waals surface area contributed by atoms with Crippen LogP contribution in [0.5, 0.6) is 0 Å². The van der Waals surface area contributed by atoms with E-state index in [0.717, 1.165) is 19.3 Å². The van der Waals surface area contributed by atoms with Crippen molar-refractivity contribution in [2.45, 2.75) is 43.5 Å². The van der Waals surface area contributed by atoms with Crippen LogP contribution in [-0.2, 0) is 10.0 Å². The highest BCUT2D eigenvalue weighted by atomic mass is 32.2. The number of aromatic nitrogens is 1. The molecular weight excluding hydrogens is 319 g/mol.